The van der Waals surface area contributed by atoms with Gasteiger partial charge in [-0.25, -0.2) is 4.79 Å². The van der Waals surface area contributed by atoms with Crippen LogP contribution in [0.1, 0.15) is 12.0 Å². The van der Waals surface area contributed by atoms with Crippen LogP contribution in [0.4, 0.5) is 0 Å². The number of nitrogens with one attached hydrogen (secondary N) is 2. The summed E-state index contributed by atoms with van der Waals surface area (Å²) < 4.78 is 0. The highest BCUT2D eigenvalue weighted by molar-refractivity contribution is 5.21. The van der Waals surface area contributed by atoms with Crippen molar-refractivity contribution < 1.29 is 5.11 Å². The largest absolute Gasteiger partial charge is 0.494 e. The molecule has 0 aliphatic heterocycles. The molecule has 0 radical (unpaired) electrons. The van der Waals surface area contributed by atoms with E-state index in [1.165, 1.54) is 0 Å². The van der Waals surface area contributed by atoms with E-state index >= 15 is 0 Å². The fraction of sp³-hybridized carbons (Fsp3) is 0.286. The van der Waals surface area contributed by atoms with Gasteiger partial charge in [0.05, 0.1) is 11.6 Å². The van der Waals surface area contributed by atoms with Gasteiger partial charge in [0.15, 0.2) is 0 Å². The molecule has 0 amide bonds. The van der Waals surface area contributed by atoms with E-state index in [9.17, 15) is 9.59 Å². The minimum atomic E-state index is -0.761. The van der Waals surface area contributed by atoms with Crippen molar-refractivity contribution in [3.63, 3.8) is 0 Å². The number of H-pyrrole nitrogens is 2. The number of nitriles is 1. The molecule has 1 aromatic heterocycles. The fourth-order valence-electron chi connectivity index (χ4n) is 0.913. The molecule has 1 rings (SSSR count). The van der Waals surface area contributed by atoms with Crippen molar-refractivity contribution in [3.05, 3.63) is 26.4 Å². The third-order valence-corrected chi connectivity index (χ3v) is 1.51. The first-order valence-electron chi connectivity index (χ1n) is 3.56. The topological polar surface area (TPSA) is 110 Å². The summed E-state index contributed by atoms with van der Waals surface area (Å²) in [4.78, 5) is 25.6. The van der Waals surface area contributed by atoms with Crippen molar-refractivity contribution >= 4 is 0 Å². The van der Waals surface area contributed by atoms with Gasteiger partial charge in [-0.1, -0.05) is 0 Å². The van der Waals surface area contributed by atoms with Crippen LogP contribution in [0.5, 0.6) is 5.88 Å². The minimum Gasteiger partial charge on any atom is -0.494 e. The zero-order valence-electron chi connectivity index (χ0n) is 6.63. The molecule has 1 heterocycles. The van der Waals surface area contributed by atoms with Crippen LogP contribution in [0.25, 0.3) is 0 Å². The van der Waals surface area contributed by atoms with Crippen LogP contribution in [0.3, 0.4) is 0 Å². The zero-order valence-corrected chi connectivity index (χ0v) is 6.63. The molecular weight excluding hydrogens is 174 g/mol. The van der Waals surface area contributed by atoms with Gasteiger partial charge in [-0.05, 0) is 6.42 Å². The van der Waals surface area contributed by atoms with E-state index in [-0.39, 0.29) is 18.4 Å². The second-order valence-electron chi connectivity index (χ2n) is 2.39. The highest BCUT2D eigenvalue weighted by atomic mass is 16.3. The van der Waals surface area contributed by atoms with Crippen molar-refractivity contribution in [2.75, 3.05) is 0 Å². The lowest BCUT2D eigenvalue weighted by Crippen LogP contribution is -2.24. The van der Waals surface area contributed by atoms with E-state index in [1.54, 1.807) is 0 Å². The molecule has 0 aromatic carbocycles. The SMILES string of the molecule is N#CCCc1c(O)[nH]c(=O)[nH]c1=O. The van der Waals surface area contributed by atoms with Gasteiger partial charge in [0.25, 0.3) is 5.56 Å². The number of aromatic hydroxyl groups is 1. The zero-order chi connectivity index (χ0) is 9.84. The molecule has 68 valence electrons. The predicted octanol–water partition coefficient (Wildman–Crippen LogP) is -0.775. The van der Waals surface area contributed by atoms with E-state index in [0.29, 0.717) is 0 Å². The summed E-state index contributed by atoms with van der Waals surface area (Å²) in [5, 5.41) is 17.4. The van der Waals surface area contributed by atoms with Gasteiger partial charge >= 0.3 is 5.69 Å². The standard InChI is InChI=1S/C7H7N3O3/c8-3-1-2-4-5(11)9-7(13)10-6(4)12/h1-2H2,(H3,9,10,11,12,13). The molecule has 1 aromatic rings. The Labute approximate surface area is 72.5 Å². The summed E-state index contributed by atoms with van der Waals surface area (Å²) >= 11 is 0. The van der Waals surface area contributed by atoms with Crippen molar-refractivity contribution in [3.8, 4) is 11.9 Å². The lowest BCUT2D eigenvalue weighted by molar-refractivity contribution is 0.440. The Balaban J connectivity index is 3.16. The molecule has 0 aliphatic carbocycles. The number of nitrogens with zero attached hydrogens (tertiary/aromatic N) is 1. The van der Waals surface area contributed by atoms with E-state index in [4.69, 9.17) is 10.4 Å². The van der Waals surface area contributed by atoms with Gasteiger partial charge < -0.3 is 5.11 Å². The lowest BCUT2D eigenvalue weighted by atomic mass is 10.2. The second-order valence-corrected chi connectivity index (χ2v) is 2.39. The molecule has 0 saturated heterocycles. The van der Waals surface area contributed by atoms with Gasteiger partial charge in [0, 0.05) is 6.42 Å². The van der Waals surface area contributed by atoms with Crippen molar-refractivity contribution in [2.24, 2.45) is 0 Å². The summed E-state index contributed by atoms with van der Waals surface area (Å²) in [6.45, 7) is 0. The van der Waals surface area contributed by atoms with Crippen molar-refractivity contribution in [1.82, 2.24) is 9.97 Å². The van der Waals surface area contributed by atoms with Gasteiger partial charge in [-0.3, -0.25) is 14.8 Å². The molecule has 0 aliphatic rings. The van der Waals surface area contributed by atoms with E-state index in [2.05, 4.69) is 0 Å². The van der Waals surface area contributed by atoms with Crippen molar-refractivity contribution in [2.45, 2.75) is 12.8 Å². The fourth-order valence-corrected chi connectivity index (χ4v) is 0.913. The van der Waals surface area contributed by atoms with Gasteiger partial charge in [-0.15, -0.1) is 0 Å². The van der Waals surface area contributed by atoms with E-state index < -0.39 is 17.1 Å². The van der Waals surface area contributed by atoms with Gasteiger partial charge in [0.1, 0.15) is 0 Å². The Kier molecular flexibility index (Phi) is 2.50. The molecular formula is C7H7N3O3. The molecule has 0 fully saturated rings. The van der Waals surface area contributed by atoms with Crippen molar-refractivity contribution in [1.29, 1.82) is 5.26 Å². The van der Waals surface area contributed by atoms with E-state index in [1.807, 2.05) is 16.0 Å². The lowest BCUT2D eigenvalue weighted by Gasteiger charge is -1.97. The first-order valence-corrected chi connectivity index (χ1v) is 3.56. The normalized spacial score (nSPS) is 9.46. The third kappa shape index (κ3) is 1.96. The molecule has 6 heteroatoms. The summed E-state index contributed by atoms with van der Waals surface area (Å²) in [5.74, 6) is -0.469. The van der Waals surface area contributed by atoms with Crippen LogP contribution >= 0.6 is 0 Å². The first-order chi connectivity index (χ1) is 6.15. The maximum Gasteiger partial charge on any atom is 0.328 e. The Bertz CT molecular complexity index is 451. The van der Waals surface area contributed by atoms with Gasteiger partial charge in [-0.2, -0.15) is 5.26 Å². The molecule has 0 unspecified atom stereocenters. The summed E-state index contributed by atoms with van der Waals surface area (Å²) in [7, 11) is 0. The molecule has 13 heavy (non-hydrogen) atoms. The molecule has 3 N–H and O–H groups in total. The van der Waals surface area contributed by atoms with Crippen LogP contribution in [-0.2, 0) is 6.42 Å². The average molecular weight is 181 g/mol. The summed E-state index contributed by atoms with van der Waals surface area (Å²) in [6.07, 6.45) is 0.233. The molecule has 0 bridgehead atoms. The Hall–Kier alpha value is -2.03. The number of hydrogen-bond donors (Lipinski definition) is 3. The second kappa shape index (κ2) is 3.58. The smallest absolute Gasteiger partial charge is 0.328 e. The van der Waals surface area contributed by atoms with Crippen LogP contribution in [0, 0.1) is 11.3 Å². The molecule has 0 atom stereocenters. The maximum absolute atomic E-state index is 11.0. The Morgan fingerprint density at radius 2 is 2.08 bits per heavy atom. The molecule has 0 spiro atoms. The monoisotopic (exact) mass is 181 g/mol. The van der Waals surface area contributed by atoms with Gasteiger partial charge in [0.2, 0.25) is 5.88 Å². The highest BCUT2D eigenvalue weighted by Gasteiger charge is 2.06. The Morgan fingerprint density at radius 1 is 1.38 bits per heavy atom. The minimum absolute atomic E-state index is 0.0288. The quantitative estimate of drug-likeness (QED) is 0.556. The summed E-state index contributed by atoms with van der Waals surface area (Å²) in [6, 6.07) is 1.83. The number of aromatic amines is 2. The van der Waals surface area contributed by atoms with Crippen LogP contribution in [0.2, 0.25) is 0 Å². The predicted molar refractivity (Wildman–Crippen MR) is 43.3 cm³/mol. The number of aromatic nitrogens is 2. The highest BCUT2D eigenvalue weighted by Crippen LogP contribution is 2.06. The number of hydrogen-bond acceptors (Lipinski definition) is 4. The molecule has 0 saturated carbocycles. The third-order valence-electron chi connectivity index (χ3n) is 1.51. The summed E-state index contributed by atoms with van der Waals surface area (Å²) in [5.41, 5.74) is -1.39. The number of rotatable bonds is 2. The molecule has 6 nitrogen and oxygen atoms in total. The van der Waals surface area contributed by atoms with Crippen LogP contribution in [0.15, 0.2) is 9.59 Å². The van der Waals surface area contributed by atoms with Crippen LogP contribution < -0.4 is 11.2 Å². The average Bonchev–Trinajstić information content (AvgIpc) is 2.02. The first kappa shape index (κ1) is 9.06. The maximum atomic E-state index is 11.0. The Morgan fingerprint density at radius 3 is 2.62 bits per heavy atom. The van der Waals surface area contributed by atoms with Crippen LogP contribution in [-0.4, -0.2) is 15.1 Å². The van der Waals surface area contributed by atoms with E-state index in [0.717, 1.165) is 0 Å².